The SMILES string of the molecule is CCc1cc(-c2cccc(C(F)(F)F)c2)nc(N)n1. The molecule has 0 bridgehead atoms. The standard InChI is InChI=1S/C13H12F3N3/c1-2-10-7-11(19-12(17)18-10)8-4-3-5-9(6-8)13(14,15)16/h3-7H,2H2,1H3,(H2,17,18,19). The molecule has 0 radical (unpaired) electrons. The van der Waals surface area contributed by atoms with E-state index in [1.54, 1.807) is 12.1 Å². The predicted molar refractivity (Wildman–Crippen MR) is 66.3 cm³/mol. The van der Waals surface area contributed by atoms with E-state index in [2.05, 4.69) is 9.97 Å². The van der Waals surface area contributed by atoms with Crippen LogP contribution in [-0.4, -0.2) is 9.97 Å². The van der Waals surface area contributed by atoms with E-state index in [0.29, 0.717) is 23.4 Å². The number of benzene rings is 1. The van der Waals surface area contributed by atoms with Gasteiger partial charge in [-0.1, -0.05) is 19.1 Å². The summed E-state index contributed by atoms with van der Waals surface area (Å²) in [4.78, 5) is 7.97. The first-order valence-corrected chi connectivity index (χ1v) is 5.71. The van der Waals surface area contributed by atoms with Crippen LogP contribution in [0.25, 0.3) is 11.3 Å². The Morgan fingerprint density at radius 2 is 1.89 bits per heavy atom. The van der Waals surface area contributed by atoms with Crippen LogP contribution in [0.2, 0.25) is 0 Å². The van der Waals surface area contributed by atoms with Crippen molar-refractivity contribution in [3.8, 4) is 11.3 Å². The van der Waals surface area contributed by atoms with Crippen molar-refractivity contribution in [2.45, 2.75) is 19.5 Å². The third-order valence-corrected chi connectivity index (χ3v) is 2.64. The Morgan fingerprint density at radius 3 is 2.53 bits per heavy atom. The molecule has 2 N–H and O–H groups in total. The van der Waals surface area contributed by atoms with Gasteiger partial charge in [-0.3, -0.25) is 0 Å². The van der Waals surface area contributed by atoms with Gasteiger partial charge in [0.2, 0.25) is 5.95 Å². The summed E-state index contributed by atoms with van der Waals surface area (Å²) in [5.74, 6) is 0.0618. The zero-order chi connectivity index (χ0) is 14.0. The second kappa shape index (κ2) is 4.87. The number of anilines is 1. The summed E-state index contributed by atoms with van der Waals surface area (Å²) in [7, 11) is 0. The van der Waals surface area contributed by atoms with Crippen molar-refractivity contribution < 1.29 is 13.2 Å². The van der Waals surface area contributed by atoms with Crippen LogP contribution < -0.4 is 5.73 Å². The van der Waals surface area contributed by atoms with E-state index in [4.69, 9.17) is 5.73 Å². The van der Waals surface area contributed by atoms with Gasteiger partial charge in [0.05, 0.1) is 11.3 Å². The summed E-state index contributed by atoms with van der Waals surface area (Å²) in [6.07, 6.45) is -3.74. The topological polar surface area (TPSA) is 51.8 Å². The molecule has 0 fully saturated rings. The second-order valence-corrected chi connectivity index (χ2v) is 4.03. The molecule has 0 saturated heterocycles. The maximum Gasteiger partial charge on any atom is 0.416 e. The van der Waals surface area contributed by atoms with Gasteiger partial charge in [-0.25, -0.2) is 9.97 Å². The summed E-state index contributed by atoms with van der Waals surface area (Å²) in [5, 5.41) is 0. The molecular weight excluding hydrogens is 255 g/mol. The zero-order valence-electron chi connectivity index (χ0n) is 10.2. The number of nitrogen functional groups attached to an aromatic ring is 1. The molecule has 1 heterocycles. The predicted octanol–water partition coefficient (Wildman–Crippen LogP) is 3.31. The van der Waals surface area contributed by atoms with Crippen molar-refractivity contribution in [2.24, 2.45) is 0 Å². The van der Waals surface area contributed by atoms with E-state index in [1.807, 2.05) is 6.92 Å². The maximum atomic E-state index is 12.7. The van der Waals surface area contributed by atoms with E-state index >= 15 is 0 Å². The highest BCUT2D eigenvalue weighted by Crippen LogP contribution is 2.31. The van der Waals surface area contributed by atoms with Crippen LogP contribution in [0, 0.1) is 0 Å². The Kier molecular flexibility index (Phi) is 3.42. The average Bonchev–Trinajstić information content (AvgIpc) is 2.37. The number of rotatable bonds is 2. The van der Waals surface area contributed by atoms with E-state index in [0.717, 1.165) is 12.1 Å². The summed E-state index contributed by atoms with van der Waals surface area (Å²) in [5.41, 5.74) is 6.31. The molecule has 2 aromatic rings. The summed E-state index contributed by atoms with van der Waals surface area (Å²) >= 11 is 0. The molecule has 2 rings (SSSR count). The number of aryl methyl sites for hydroxylation is 1. The Labute approximate surface area is 108 Å². The molecule has 6 heteroatoms. The van der Waals surface area contributed by atoms with Crippen molar-refractivity contribution in [1.82, 2.24) is 9.97 Å². The lowest BCUT2D eigenvalue weighted by Gasteiger charge is -2.09. The Morgan fingerprint density at radius 1 is 1.16 bits per heavy atom. The lowest BCUT2D eigenvalue weighted by molar-refractivity contribution is -0.137. The van der Waals surface area contributed by atoms with E-state index in [1.165, 1.54) is 6.07 Å². The first-order valence-electron chi connectivity index (χ1n) is 5.71. The van der Waals surface area contributed by atoms with Gasteiger partial charge in [-0.2, -0.15) is 13.2 Å². The Balaban J connectivity index is 2.50. The summed E-state index contributed by atoms with van der Waals surface area (Å²) in [6.45, 7) is 1.89. The number of nitrogens with two attached hydrogens (primary N) is 1. The highest BCUT2D eigenvalue weighted by Gasteiger charge is 2.30. The number of alkyl halides is 3. The van der Waals surface area contributed by atoms with Crippen LogP contribution in [0.3, 0.4) is 0 Å². The molecule has 19 heavy (non-hydrogen) atoms. The maximum absolute atomic E-state index is 12.7. The van der Waals surface area contributed by atoms with E-state index in [9.17, 15) is 13.2 Å². The summed E-state index contributed by atoms with van der Waals surface area (Å²) in [6, 6.07) is 6.64. The molecule has 1 aromatic heterocycles. The minimum absolute atomic E-state index is 0.0618. The lowest BCUT2D eigenvalue weighted by Crippen LogP contribution is -2.05. The zero-order valence-corrected chi connectivity index (χ0v) is 10.2. The fourth-order valence-electron chi connectivity index (χ4n) is 1.70. The van der Waals surface area contributed by atoms with E-state index in [-0.39, 0.29) is 5.95 Å². The average molecular weight is 267 g/mol. The van der Waals surface area contributed by atoms with Crippen LogP contribution in [0.5, 0.6) is 0 Å². The highest BCUT2D eigenvalue weighted by molar-refractivity contribution is 5.61. The van der Waals surface area contributed by atoms with Gasteiger partial charge in [-0.15, -0.1) is 0 Å². The molecule has 1 aromatic carbocycles. The molecule has 100 valence electrons. The van der Waals surface area contributed by atoms with Crippen molar-refractivity contribution >= 4 is 5.95 Å². The van der Waals surface area contributed by atoms with Gasteiger partial charge in [0.15, 0.2) is 0 Å². The van der Waals surface area contributed by atoms with Gasteiger partial charge in [-0.05, 0) is 24.6 Å². The number of aromatic nitrogens is 2. The van der Waals surface area contributed by atoms with Gasteiger partial charge in [0, 0.05) is 11.3 Å². The van der Waals surface area contributed by atoms with Crippen LogP contribution in [0.1, 0.15) is 18.2 Å². The number of nitrogens with zero attached hydrogens (tertiary/aromatic N) is 2. The van der Waals surface area contributed by atoms with Gasteiger partial charge in [0.25, 0.3) is 0 Å². The van der Waals surface area contributed by atoms with Gasteiger partial charge >= 0.3 is 6.18 Å². The Hall–Kier alpha value is -2.11. The fourth-order valence-corrected chi connectivity index (χ4v) is 1.70. The first-order chi connectivity index (χ1) is 8.90. The fraction of sp³-hybridized carbons (Fsp3) is 0.231. The number of hydrogen-bond donors (Lipinski definition) is 1. The van der Waals surface area contributed by atoms with Gasteiger partial charge in [0.1, 0.15) is 0 Å². The molecule has 0 aliphatic heterocycles. The Bertz CT molecular complexity index is 594. The minimum Gasteiger partial charge on any atom is -0.368 e. The number of hydrogen-bond acceptors (Lipinski definition) is 3. The molecule has 0 aliphatic rings. The van der Waals surface area contributed by atoms with Crippen molar-refractivity contribution in [1.29, 1.82) is 0 Å². The minimum atomic E-state index is -4.37. The third-order valence-electron chi connectivity index (χ3n) is 2.64. The number of halogens is 3. The first kappa shape index (κ1) is 13.3. The lowest BCUT2D eigenvalue weighted by atomic mass is 10.1. The quantitative estimate of drug-likeness (QED) is 0.908. The smallest absolute Gasteiger partial charge is 0.368 e. The molecule has 0 atom stereocenters. The van der Waals surface area contributed by atoms with Crippen LogP contribution in [0.15, 0.2) is 30.3 Å². The molecule has 0 saturated carbocycles. The molecule has 3 nitrogen and oxygen atoms in total. The van der Waals surface area contributed by atoms with Crippen molar-refractivity contribution in [3.05, 3.63) is 41.6 Å². The highest BCUT2D eigenvalue weighted by atomic mass is 19.4. The summed E-state index contributed by atoms with van der Waals surface area (Å²) < 4.78 is 38.0. The molecule has 0 spiro atoms. The monoisotopic (exact) mass is 267 g/mol. The van der Waals surface area contributed by atoms with Crippen LogP contribution in [0.4, 0.5) is 19.1 Å². The van der Waals surface area contributed by atoms with Crippen LogP contribution >= 0.6 is 0 Å². The largest absolute Gasteiger partial charge is 0.416 e. The normalized spacial score (nSPS) is 11.6. The van der Waals surface area contributed by atoms with Crippen LogP contribution in [-0.2, 0) is 12.6 Å². The molecule has 0 aliphatic carbocycles. The van der Waals surface area contributed by atoms with Crippen molar-refractivity contribution in [2.75, 3.05) is 5.73 Å². The van der Waals surface area contributed by atoms with E-state index < -0.39 is 11.7 Å². The van der Waals surface area contributed by atoms with Crippen molar-refractivity contribution in [3.63, 3.8) is 0 Å². The third kappa shape index (κ3) is 3.01. The van der Waals surface area contributed by atoms with Gasteiger partial charge < -0.3 is 5.73 Å². The molecule has 0 unspecified atom stereocenters. The molecular formula is C13H12F3N3. The second-order valence-electron chi connectivity index (χ2n) is 4.03. The molecule has 0 amide bonds.